The Morgan fingerprint density at radius 1 is 1.24 bits per heavy atom. The molecule has 0 aliphatic carbocycles. The second-order valence-electron chi connectivity index (χ2n) is 4.20. The minimum Gasteiger partial charge on any atom is -0.368 e. The van der Waals surface area contributed by atoms with Gasteiger partial charge in [-0.1, -0.05) is 31.2 Å². The van der Waals surface area contributed by atoms with Crippen molar-refractivity contribution in [3.8, 4) is 0 Å². The lowest BCUT2D eigenvalue weighted by molar-refractivity contribution is 0.367. The number of benzene rings is 1. The van der Waals surface area contributed by atoms with Crippen LogP contribution >= 0.6 is 0 Å². The molecule has 1 heterocycles. The molecule has 1 aromatic heterocycles. The molecule has 0 spiro atoms. The molecule has 0 aliphatic heterocycles. The first-order valence-electron chi connectivity index (χ1n) is 6.07. The third-order valence-corrected chi connectivity index (χ3v) is 3.00. The lowest BCUT2D eigenvalue weighted by Crippen LogP contribution is -2.24. The van der Waals surface area contributed by atoms with Gasteiger partial charge in [-0.15, -0.1) is 0 Å². The van der Waals surface area contributed by atoms with Crippen molar-refractivity contribution < 1.29 is 0 Å². The Labute approximate surface area is 102 Å². The summed E-state index contributed by atoms with van der Waals surface area (Å²) in [6.45, 7) is 5.19. The second-order valence-corrected chi connectivity index (χ2v) is 4.20. The largest absolute Gasteiger partial charge is 0.368 e. The number of pyridine rings is 1. The van der Waals surface area contributed by atoms with Gasteiger partial charge < -0.3 is 10.2 Å². The fraction of sp³-hybridized carbons (Fsp3) is 0.357. The molecule has 0 amide bonds. The van der Waals surface area contributed by atoms with E-state index in [9.17, 15) is 0 Å². The van der Waals surface area contributed by atoms with Gasteiger partial charge in [-0.25, -0.2) is 4.98 Å². The van der Waals surface area contributed by atoms with Crippen LogP contribution < -0.4 is 5.32 Å². The van der Waals surface area contributed by atoms with Crippen molar-refractivity contribution in [1.29, 1.82) is 0 Å². The van der Waals surface area contributed by atoms with Crippen molar-refractivity contribution in [1.82, 2.24) is 9.88 Å². The van der Waals surface area contributed by atoms with Gasteiger partial charge in [0, 0.05) is 24.7 Å². The van der Waals surface area contributed by atoms with Gasteiger partial charge in [0.05, 0.1) is 0 Å². The predicted molar refractivity (Wildman–Crippen MR) is 73.4 cm³/mol. The molecule has 0 saturated heterocycles. The van der Waals surface area contributed by atoms with E-state index >= 15 is 0 Å². The summed E-state index contributed by atoms with van der Waals surface area (Å²) < 4.78 is 0. The normalized spacial score (nSPS) is 11.0. The van der Waals surface area contributed by atoms with Crippen LogP contribution in [0.15, 0.2) is 36.5 Å². The fourth-order valence-electron chi connectivity index (χ4n) is 1.78. The third kappa shape index (κ3) is 2.94. The third-order valence-electron chi connectivity index (χ3n) is 3.00. The summed E-state index contributed by atoms with van der Waals surface area (Å²) in [4.78, 5) is 6.68. The smallest absolute Gasteiger partial charge is 0.133 e. The predicted octanol–water partition coefficient (Wildman–Crippen LogP) is 2.60. The minimum atomic E-state index is 0.922. The maximum Gasteiger partial charge on any atom is 0.133 e. The highest BCUT2D eigenvalue weighted by Gasteiger charge is 2.01. The molecule has 3 heteroatoms. The number of nitrogens with zero attached hydrogens (tertiary/aromatic N) is 2. The van der Waals surface area contributed by atoms with Crippen LogP contribution in [-0.4, -0.2) is 36.6 Å². The maximum atomic E-state index is 4.40. The van der Waals surface area contributed by atoms with Crippen LogP contribution in [0.3, 0.4) is 0 Å². The fourth-order valence-corrected chi connectivity index (χ4v) is 1.78. The van der Waals surface area contributed by atoms with Crippen molar-refractivity contribution in [2.45, 2.75) is 6.92 Å². The standard InChI is InChI=1S/C14H19N3/c1-3-17(2)11-10-16-14-13-7-5-4-6-12(13)8-9-15-14/h4-9H,3,10-11H2,1-2H3,(H,15,16). The van der Waals surface area contributed by atoms with Gasteiger partial charge in [-0.2, -0.15) is 0 Å². The van der Waals surface area contributed by atoms with Gasteiger partial charge in [-0.3, -0.25) is 0 Å². The number of fused-ring (bicyclic) bond motifs is 1. The van der Waals surface area contributed by atoms with Gasteiger partial charge in [0.15, 0.2) is 0 Å². The highest BCUT2D eigenvalue weighted by Crippen LogP contribution is 2.19. The lowest BCUT2D eigenvalue weighted by atomic mass is 10.1. The van der Waals surface area contributed by atoms with E-state index in [0.717, 1.165) is 25.5 Å². The number of likely N-dealkylation sites (N-methyl/N-ethyl adjacent to an activating group) is 1. The van der Waals surface area contributed by atoms with Crippen molar-refractivity contribution in [3.05, 3.63) is 36.5 Å². The van der Waals surface area contributed by atoms with Gasteiger partial charge >= 0.3 is 0 Å². The first kappa shape index (κ1) is 11.9. The molecule has 1 aromatic carbocycles. The zero-order valence-corrected chi connectivity index (χ0v) is 10.5. The Hall–Kier alpha value is -1.61. The van der Waals surface area contributed by atoms with Crippen LogP contribution in [0.4, 0.5) is 5.82 Å². The molecule has 0 unspecified atom stereocenters. The summed E-state index contributed by atoms with van der Waals surface area (Å²) in [5.74, 6) is 0.979. The van der Waals surface area contributed by atoms with Crippen LogP contribution in [0.1, 0.15) is 6.92 Å². The van der Waals surface area contributed by atoms with Gasteiger partial charge in [0.25, 0.3) is 0 Å². The van der Waals surface area contributed by atoms with E-state index < -0.39 is 0 Å². The van der Waals surface area contributed by atoms with Crippen molar-refractivity contribution in [2.75, 3.05) is 32.0 Å². The van der Waals surface area contributed by atoms with E-state index in [-0.39, 0.29) is 0 Å². The molecule has 3 nitrogen and oxygen atoms in total. The molecule has 90 valence electrons. The van der Waals surface area contributed by atoms with E-state index in [4.69, 9.17) is 0 Å². The topological polar surface area (TPSA) is 28.2 Å². The molecule has 2 aromatic rings. The number of hydrogen-bond acceptors (Lipinski definition) is 3. The zero-order valence-electron chi connectivity index (χ0n) is 10.5. The number of rotatable bonds is 5. The number of hydrogen-bond donors (Lipinski definition) is 1. The van der Waals surface area contributed by atoms with Crippen LogP contribution in [0, 0.1) is 0 Å². The van der Waals surface area contributed by atoms with Crippen molar-refractivity contribution in [2.24, 2.45) is 0 Å². The minimum absolute atomic E-state index is 0.922. The molecular formula is C14H19N3. The summed E-state index contributed by atoms with van der Waals surface area (Å²) >= 11 is 0. The van der Waals surface area contributed by atoms with Crippen LogP contribution in [0.5, 0.6) is 0 Å². The van der Waals surface area contributed by atoms with E-state index in [1.807, 2.05) is 18.3 Å². The maximum absolute atomic E-state index is 4.40. The molecule has 0 radical (unpaired) electrons. The molecular weight excluding hydrogens is 210 g/mol. The second kappa shape index (κ2) is 5.64. The number of anilines is 1. The van der Waals surface area contributed by atoms with E-state index in [1.165, 1.54) is 10.8 Å². The van der Waals surface area contributed by atoms with E-state index in [1.54, 1.807) is 0 Å². The Balaban J connectivity index is 2.08. The molecule has 17 heavy (non-hydrogen) atoms. The van der Waals surface area contributed by atoms with Crippen LogP contribution in [0.25, 0.3) is 10.8 Å². The summed E-state index contributed by atoms with van der Waals surface area (Å²) in [6.07, 6.45) is 1.86. The number of aromatic nitrogens is 1. The molecule has 0 aliphatic rings. The average molecular weight is 229 g/mol. The summed E-state index contributed by atoms with van der Waals surface area (Å²) in [5.41, 5.74) is 0. The Bertz CT molecular complexity index is 476. The quantitative estimate of drug-likeness (QED) is 0.854. The van der Waals surface area contributed by atoms with Crippen LogP contribution in [0.2, 0.25) is 0 Å². The van der Waals surface area contributed by atoms with Gasteiger partial charge in [0.2, 0.25) is 0 Å². The Kier molecular flexibility index (Phi) is 3.94. The molecule has 1 N–H and O–H groups in total. The number of nitrogens with one attached hydrogen (secondary N) is 1. The highest BCUT2D eigenvalue weighted by molar-refractivity contribution is 5.91. The molecule has 0 saturated carbocycles. The first-order chi connectivity index (χ1) is 8.31. The van der Waals surface area contributed by atoms with Gasteiger partial charge in [0.1, 0.15) is 5.82 Å². The van der Waals surface area contributed by atoms with E-state index in [2.05, 4.69) is 47.4 Å². The average Bonchev–Trinajstić information content (AvgIpc) is 2.39. The SMILES string of the molecule is CCN(C)CCNc1nccc2ccccc12. The molecule has 0 atom stereocenters. The molecule has 0 bridgehead atoms. The molecule has 0 fully saturated rings. The first-order valence-corrected chi connectivity index (χ1v) is 6.07. The zero-order chi connectivity index (χ0) is 12.1. The summed E-state index contributed by atoms with van der Waals surface area (Å²) in [7, 11) is 2.12. The van der Waals surface area contributed by atoms with Crippen LogP contribution in [-0.2, 0) is 0 Å². The highest BCUT2D eigenvalue weighted by atomic mass is 15.1. The lowest BCUT2D eigenvalue weighted by Gasteiger charge is -2.15. The van der Waals surface area contributed by atoms with Crippen molar-refractivity contribution in [3.63, 3.8) is 0 Å². The Morgan fingerprint density at radius 2 is 2.06 bits per heavy atom. The van der Waals surface area contributed by atoms with Crippen molar-refractivity contribution >= 4 is 16.6 Å². The Morgan fingerprint density at radius 3 is 2.88 bits per heavy atom. The summed E-state index contributed by atoms with van der Waals surface area (Å²) in [6, 6.07) is 10.4. The monoisotopic (exact) mass is 229 g/mol. The molecule has 2 rings (SSSR count). The summed E-state index contributed by atoms with van der Waals surface area (Å²) in [5, 5.41) is 5.82. The van der Waals surface area contributed by atoms with Gasteiger partial charge in [-0.05, 0) is 25.0 Å². The van der Waals surface area contributed by atoms with E-state index in [0.29, 0.717) is 0 Å².